The molecule has 0 spiro atoms. The van der Waals surface area contributed by atoms with Crippen molar-refractivity contribution in [3.05, 3.63) is 106 Å². The van der Waals surface area contributed by atoms with Gasteiger partial charge in [-0.15, -0.1) is 0 Å². The zero-order chi connectivity index (χ0) is 24.9. The first-order valence-corrected chi connectivity index (χ1v) is 11.6. The number of aromatic nitrogens is 2. The molecular weight excluding hydrogens is 445 g/mol. The van der Waals surface area contributed by atoms with Crippen LogP contribution in [0.15, 0.2) is 77.6 Å². The Bertz CT molecular complexity index is 1400. The minimum Gasteiger partial charge on any atom is -0.383 e. The Morgan fingerprint density at radius 2 is 1.83 bits per heavy atom. The van der Waals surface area contributed by atoms with Gasteiger partial charge in [-0.25, -0.2) is 9.37 Å². The summed E-state index contributed by atoms with van der Waals surface area (Å²) in [5, 5.41) is 0.501. The summed E-state index contributed by atoms with van der Waals surface area (Å²) in [4.78, 5) is 33.9. The zero-order valence-electron chi connectivity index (χ0n) is 20.1. The number of hydrogen-bond donors (Lipinski definition) is 0. The SMILES string of the molecule is CCC(c1nc2ccccc2c(=O)n1-c1cccc(C)c1)N(CCOC)C(=O)c1ccc(F)cc1. The molecule has 0 fully saturated rings. The van der Waals surface area contributed by atoms with Crippen molar-refractivity contribution >= 4 is 16.8 Å². The Balaban J connectivity index is 1.94. The number of aryl methyl sites for hydroxylation is 1. The number of nitrogens with zero attached hydrogens (tertiary/aromatic N) is 3. The van der Waals surface area contributed by atoms with Crippen molar-refractivity contribution in [1.29, 1.82) is 0 Å². The number of carbonyl (C=O) groups excluding carboxylic acids is 1. The van der Waals surface area contributed by atoms with E-state index in [0.29, 0.717) is 41.0 Å². The molecular formula is C28H28FN3O3. The maximum Gasteiger partial charge on any atom is 0.266 e. The average Bonchev–Trinajstić information content (AvgIpc) is 2.86. The summed E-state index contributed by atoms with van der Waals surface area (Å²) in [7, 11) is 1.57. The Morgan fingerprint density at radius 1 is 1.09 bits per heavy atom. The highest BCUT2D eigenvalue weighted by Gasteiger charge is 2.29. The standard InChI is InChI=1S/C28H28FN3O3/c1-4-25(31(16-17-35-3)27(33)20-12-14-21(29)15-13-20)26-30-24-11-6-5-10-23(24)28(34)32(26)22-9-7-8-19(2)18-22/h5-15,18,25H,4,16-17H2,1-3H3. The van der Waals surface area contributed by atoms with Crippen LogP contribution in [-0.2, 0) is 4.74 Å². The Labute approximate surface area is 203 Å². The molecule has 6 nitrogen and oxygen atoms in total. The summed E-state index contributed by atoms with van der Waals surface area (Å²) in [6.45, 7) is 4.49. The maximum atomic E-state index is 13.7. The first kappa shape index (κ1) is 24.3. The molecule has 0 bridgehead atoms. The van der Waals surface area contributed by atoms with Gasteiger partial charge in [-0.3, -0.25) is 14.2 Å². The van der Waals surface area contributed by atoms with Gasteiger partial charge in [-0.2, -0.15) is 0 Å². The average molecular weight is 474 g/mol. The van der Waals surface area contributed by atoms with Gasteiger partial charge in [0.05, 0.1) is 29.2 Å². The fourth-order valence-corrected chi connectivity index (χ4v) is 4.28. The number of ether oxygens (including phenoxy) is 1. The Hall–Kier alpha value is -3.84. The largest absolute Gasteiger partial charge is 0.383 e. The molecule has 35 heavy (non-hydrogen) atoms. The normalized spacial score (nSPS) is 12.0. The fourth-order valence-electron chi connectivity index (χ4n) is 4.28. The monoisotopic (exact) mass is 473 g/mol. The highest BCUT2D eigenvalue weighted by Crippen LogP contribution is 2.27. The Morgan fingerprint density at radius 3 is 2.51 bits per heavy atom. The summed E-state index contributed by atoms with van der Waals surface area (Å²) in [5.74, 6) is -0.234. The van der Waals surface area contributed by atoms with Crippen LogP contribution < -0.4 is 5.56 Å². The molecule has 0 radical (unpaired) electrons. The van der Waals surface area contributed by atoms with Crippen molar-refractivity contribution in [2.24, 2.45) is 0 Å². The lowest BCUT2D eigenvalue weighted by molar-refractivity contribution is 0.0579. The molecule has 1 aromatic heterocycles. The first-order chi connectivity index (χ1) is 16.9. The summed E-state index contributed by atoms with van der Waals surface area (Å²) in [6, 6.07) is 19.8. The van der Waals surface area contributed by atoms with Crippen LogP contribution in [0.5, 0.6) is 0 Å². The fraction of sp³-hybridized carbons (Fsp3) is 0.250. The van der Waals surface area contributed by atoms with Crippen LogP contribution in [0, 0.1) is 12.7 Å². The van der Waals surface area contributed by atoms with Crippen LogP contribution in [-0.4, -0.2) is 40.6 Å². The van der Waals surface area contributed by atoms with Crippen LogP contribution in [0.1, 0.15) is 41.1 Å². The molecule has 3 aromatic carbocycles. The van der Waals surface area contributed by atoms with E-state index in [4.69, 9.17) is 9.72 Å². The summed E-state index contributed by atoms with van der Waals surface area (Å²) >= 11 is 0. The van der Waals surface area contributed by atoms with Gasteiger partial charge < -0.3 is 9.64 Å². The number of fused-ring (bicyclic) bond motifs is 1. The topological polar surface area (TPSA) is 64.4 Å². The molecule has 0 aliphatic carbocycles. The van der Waals surface area contributed by atoms with E-state index in [-0.39, 0.29) is 18.0 Å². The number of para-hydroxylation sites is 1. The molecule has 1 heterocycles. The molecule has 1 unspecified atom stereocenters. The smallest absolute Gasteiger partial charge is 0.266 e. The minimum absolute atomic E-state index is 0.199. The first-order valence-electron chi connectivity index (χ1n) is 11.6. The van der Waals surface area contributed by atoms with Crippen LogP contribution >= 0.6 is 0 Å². The lowest BCUT2D eigenvalue weighted by Crippen LogP contribution is -2.40. The second kappa shape index (κ2) is 10.6. The van der Waals surface area contributed by atoms with E-state index in [1.807, 2.05) is 50.2 Å². The van der Waals surface area contributed by atoms with Gasteiger partial charge in [0.2, 0.25) is 0 Å². The van der Waals surface area contributed by atoms with E-state index in [1.54, 1.807) is 28.7 Å². The van der Waals surface area contributed by atoms with Crippen molar-refractivity contribution in [3.8, 4) is 5.69 Å². The molecule has 0 N–H and O–H groups in total. The number of benzene rings is 3. The van der Waals surface area contributed by atoms with Gasteiger partial charge in [-0.1, -0.05) is 31.2 Å². The molecule has 0 saturated carbocycles. The zero-order valence-corrected chi connectivity index (χ0v) is 20.1. The quantitative estimate of drug-likeness (QED) is 0.358. The molecule has 1 amide bonds. The van der Waals surface area contributed by atoms with Gasteiger partial charge in [-0.05, 0) is 67.4 Å². The van der Waals surface area contributed by atoms with Crippen molar-refractivity contribution in [1.82, 2.24) is 14.5 Å². The number of methoxy groups -OCH3 is 1. The molecule has 1 atom stereocenters. The van der Waals surface area contributed by atoms with Gasteiger partial charge in [0.15, 0.2) is 0 Å². The van der Waals surface area contributed by atoms with E-state index >= 15 is 0 Å². The molecule has 4 rings (SSSR count). The van der Waals surface area contributed by atoms with Crippen LogP contribution in [0.2, 0.25) is 0 Å². The van der Waals surface area contributed by atoms with Crippen molar-refractivity contribution in [3.63, 3.8) is 0 Å². The Kier molecular flexibility index (Phi) is 7.36. The number of halogens is 1. The van der Waals surface area contributed by atoms with E-state index in [2.05, 4.69) is 0 Å². The third-order valence-corrected chi connectivity index (χ3v) is 6.01. The summed E-state index contributed by atoms with van der Waals surface area (Å²) < 4.78 is 20.4. The predicted octanol–water partition coefficient (Wildman–Crippen LogP) is 5.07. The lowest BCUT2D eigenvalue weighted by atomic mass is 10.1. The molecule has 180 valence electrons. The van der Waals surface area contributed by atoms with Crippen molar-refractivity contribution in [2.75, 3.05) is 20.3 Å². The van der Waals surface area contributed by atoms with E-state index < -0.39 is 11.9 Å². The third kappa shape index (κ3) is 5.00. The minimum atomic E-state index is -0.527. The van der Waals surface area contributed by atoms with Gasteiger partial charge in [0.25, 0.3) is 11.5 Å². The van der Waals surface area contributed by atoms with E-state index in [9.17, 15) is 14.0 Å². The molecule has 0 saturated heterocycles. The number of rotatable bonds is 8. The second-order valence-corrected chi connectivity index (χ2v) is 8.39. The number of carbonyl (C=O) groups is 1. The van der Waals surface area contributed by atoms with Crippen molar-refractivity contribution in [2.45, 2.75) is 26.3 Å². The van der Waals surface area contributed by atoms with Gasteiger partial charge in [0, 0.05) is 19.2 Å². The van der Waals surface area contributed by atoms with E-state index in [1.165, 1.54) is 24.3 Å². The number of amides is 1. The highest BCUT2D eigenvalue weighted by atomic mass is 19.1. The third-order valence-electron chi connectivity index (χ3n) is 6.01. The summed E-state index contributed by atoms with van der Waals surface area (Å²) in [6.07, 6.45) is 0.507. The molecule has 7 heteroatoms. The predicted molar refractivity (Wildman–Crippen MR) is 134 cm³/mol. The molecule has 0 aliphatic rings. The van der Waals surface area contributed by atoms with Gasteiger partial charge >= 0.3 is 0 Å². The van der Waals surface area contributed by atoms with Crippen LogP contribution in [0.3, 0.4) is 0 Å². The molecule has 4 aromatic rings. The van der Waals surface area contributed by atoms with Crippen LogP contribution in [0.4, 0.5) is 4.39 Å². The van der Waals surface area contributed by atoms with Crippen molar-refractivity contribution < 1.29 is 13.9 Å². The summed E-state index contributed by atoms with van der Waals surface area (Å²) in [5.41, 5.74) is 2.40. The lowest BCUT2D eigenvalue weighted by Gasteiger charge is -2.32. The maximum absolute atomic E-state index is 13.7. The molecule has 0 aliphatic heterocycles. The van der Waals surface area contributed by atoms with Crippen LogP contribution in [0.25, 0.3) is 16.6 Å². The number of hydrogen-bond acceptors (Lipinski definition) is 4. The second-order valence-electron chi connectivity index (χ2n) is 8.39. The highest BCUT2D eigenvalue weighted by molar-refractivity contribution is 5.94. The van der Waals surface area contributed by atoms with Gasteiger partial charge in [0.1, 0.15) is 11.6 Å². The van der Waals surface area contributed by atoms with E-state index in [0.717, 1.165) is 5.56 Å².